The van der Waals surface area contributed by atoms with Crippen molar-refractivity contribution >= 4 is 5.57 Å². The van der Waals surface area contributed by atoms with E-state index in [4.69, 9.17) is 5.73 Å². The maximum Gasteiger partial charge on any atom is 0.159 e. The Morgan fingerprint density at radius 2 is 1.84 bits per heavy atom. The summed E-state index contributed by atoms with van der Waals surface area (Å²) in [5.41, 5.74) is 8.77. The van der Waals surface area contributed by atoms with E-state index in [1.165, 1.54) is 18.0 Å². The van der Waals surface area contributed by atoms with Gasteiger partial charge in [0, 0.05) is 12.1 Å². The van der Waals surface area contributed by atoms with Crippen molar-refractivity contribution in [1.82, 2.24) is 9.97 Å². The zero-order valence-electron chi connectivity index (χ0n) is 10.8. The van der Waals surface area contributed by atoms with Gasteiger partial charge in [-0.2, -0.15) is 0 Å². The Bertz CT molecular complexity index is 559. The lowest BCUT2D eigenvalue weighted by Crippen LogP contribution is -1.96. The average molecular weight is 257 g/mol. The predicted molar refractivity (Wildman–Crippen MR) is 74.7 cm³/mol. The number of nitrogens with two attached hydrogens (primary N) is 1. The summed E-state index contributed by atoms with van der Waals surface area (Å²) in [6, 6.07) is 7.88. The first kappa shape index (κ1) is 13.4. The summed E-state index contributed by atoms with van der Waals surface area (Å²) in [5, 5.41) is 0. The third-order valence-electron chi connectivity index (χ3n) is 2.88. The van der Waals surface area contributed by atoms with Gasteiger partial charge in [0.1, 0.15) is 0 Å². The fourth-order valence-electron chi connectivity index (χ4n) is 1.90. The highest BCUT2D eigenvalue weighted by molar-refractivity contribution is 5.68. The van der Waals surface area contributed by atoms with Gasteiger partial charge >= 0.3 is 0 Å². The number of benzene rings is 1. The smallest absolute Gasteiger partial charge is 0.159 e. The van der Waals surface area contributed by atoms with Gasteiger partial charge in [0.05, 0.1) is 12.4 Å². The fraction of sp³-hybridized carbons (Fsp3) is 0.200. The summed E-state index contributed by atoms with van der Waals surface area (Å²) in [6.45, 7) is 2.63. The molecular formula is C15H16FN3. The van der Waals surface area contributed by atoms with Crippen molar-refractivity contribution in [2.45, 2.75) is 13.3 Å². The van der Waals surface area contributed by atoms with Crippen LogP contribution in [0.1, 0.15) is 18.9 Å². The van der Waals surface area contributed by atoms with E-state index in [9.17, 15) is 4.39 Å². The normalized spacial score (nSPS) is 11.6. The fourth-order valence-corrected chi connectivity index (χ4v) is 1.90. The summed E-state index contributed by atoms with van der Waals surface area (Å²) in [7, 11) is 0. The zero-order chi connectivity index (χ0) is 13.7. The van der Waals surface area contributed by atoms with Gasteiger partial charge in [-0.15, -0.1) is 0 Å². The minimum atomic E-state index is -0.431. The van der Waals surface area contributed by atoms with Crippen LogP contribution in [0.4, 0.5) is 4.39 Å². The van der Waals surface area contributed by atoms with Gasteiger partial charge in [0.2, 0.25) is 0 Å². The number of hydrogen-bond donors (Lipinski definition) is 1. The Labute approximate surface area is 112 Å². The summed E-state index contributed by atoms with van der Waals surface area (Å²) in [6.07, 6.45) is 5.29. The molecule has 0 spiro atoms. The molecule has 0 atom stereocenters. The second-order valence-electron chi connectivity index (χ2n) is 4.12. The molecule has 0 aliphatic rings. The maximum absolute atomic E-state index is 12.8. The van der Waals surface area contributed by atoms with Crippen LogP contribution in [0.25, 0.3) is 17.0 Å². The lowest BCUT2D eigenvalue weighted by Gasteiger charge is -2.06. The molecule has 1 aromatic heterocycles. The Kier molecular flexibility index (Phi) is 4.36. The SMILES string of the molecule is CC/C(=C\CN)c1ccc(-c2ncc(F)cn2)cc1. The summed E-state index contributed by atoms with van der Waals surface area (Å²) < 4.78 is 12.8. The van der Waals surface area contributed by atoms with Crippen LogP contribution in [0.15, 0.2) is 42.7 Å². The maximum atomic E-state index is 12.8. The molecule has 98 valence electrons. The van der Waals surface area contributed by atoms with E-state index >= 15 is 0 Å². The van der Waals surface area contributed by atoms with E-state index < -0.39 is 5.82 Å². The quantitative estimate of drug-likeness (QED) is 0.916. The molecule has 19 heavy (non-hydrogen) atoms. The van der Waals surface area contributed by atoms with Gasteiger partial charge in [-0.25, -0.2) is 14.4 Å². The minimum Gasteiger partial charge on any atom is -0.327 e. The molecule has 2 N–H and O–H groups in total. The molecule has 0 saturated heterocycles. The van der Waals surface area contributed by atoms with Crippen LogP contribution in [0.5, 0.6) is 0 Å². The Balaban J connectivity index is 2.27. The van der Waals surface area contributed by atoms with Gasteiger partial charge in [-0.1, -0.05) is 37.3 Å². The van der Waals surface area contributed by atoms with Crippen LogP contribution in [-0.2, 0) is 0 Å². The predicted octanol–water partition coefficient (Wildman–Crippen LogP) is 3.03. The summed E-state index contributed by atoms with van der Waals surface area (Å²) in [4.78, 5) is 7.92. The second kappa shape index (κ2) is 6.20. The average Bonchev–Trinajstić information content (AvgIpc) is 2.46. The van der Waals surface area contributed by atoms with Crippen LogP contribution < -0.4 is 5.73 Å². The van der Waals surface area contributed by atoms with Gasteiger partial charge < -0.3 is 5.73 Å². The Morgan fingerprint density at radius 3 is 2.37 bits per heavy atom. The molecule has 3 nitrogen and oxygen atoms in total. The third kappa shape index (κ3) is 3.23. The lowest BCUT2D eigenvalue weighted by molar-refractivity contribution is 0.614. The van der Waals surface area contributed by atoms with E-state index in [1.54, 1.807) is 0 Å². The molecule has 0 saturated carbocycles. The highest BCUT2D eigenvalue weighted by atomic mass is 19.1. The highest BCUT2D eigenvalue weighted by Gasteiger charge is 2.03. The molecule has 1 aromatic carbocycles. The zero-order valence-corrected chi connectivity index (χ0v) is 10.8. The number of aromatic nitrogens is 2. The molecule has 2 aromatic rings. The topological polar surface area (TPSA) is 51.8 Å². The molecule has 4 heteroatoms. The van der Waals surface area contributed by atoms with E-state index in [2.05, 4.69) is 16.9 Å². The number of halogens is 1. The van der Waals surface area contributed by atoms with Crippen LogP contribution in [0.3, 0.4) is 0 Å². The standard InChI is InChI=1S/C15H16FN3/c1-2-11(7-8-17)12-3-5-13(6-4-12)15-18-9-14(16)10-19-15/h3-7,9-10H,2,8,17H2,1H3/b11-7+. The Hall–Kier alpha value is -2.07. The molecule has 0 fully saturated rings. The van der Waals surface area contributed by atoms with E-state index in [-0.39, 0.29) is 0 Å². The molecular weight excluding hydrogens is 241 g/mol. The van der Waals surface area contributed by atoms with E-state index in [0.29, 0.717) is 12.4 Å². The second-order valence-corrected chi connectivity index (χ2v) is 4.12. The van der Waals surface area contributed by atoms with Crippen molar-refractivity contribution in [2.75, 3.05) is 6.54 Å². The van der Waals surface area contributed by atoms with Crippen LogP contribution >= 0.6 is 0 Å². The first-order valence-corrected chi connectivity index (χ1v) is 6.22. The number of hydrogen-bond acceptors (Lipinski definition) is 3. The van der Waals surface area contributed by atoms with Gasteiger partial charge in [-0.05, 0) is 17.6 Å². The van der Waals surface area contributed by atoms with Gasteiger partial charge in [0.15, 0.2) is 11.6 Å². The minimum absolute atomic E-state index is 0.431. The summed E-state index contributed by atoms with van der Waals surface area (Å²) >= 11 is 0. The van der Waals surface area contributed by atoms with E-state index in [0.717, 1.165) is 17.5 Å². The van der Waals surface area contributed by atoms with Crippen molar-refractivity contribution in [3.8, 4) is 11.4 Å². The van der Waals surface area contributed by atoms with Crippen molar-refractivity contribution < 1.29 is 4.39 Å². The third-order valence-corrected chi connectivity index (χ3v) is 2.88. The molecule has 0 aliphatic carbocycles. The molecule has 1 heterocycles. The monoisotopic (exact) mass is 257 g/mol. The molecule has 0 unspecified atom stereocenters. The van der Waals surface area contributed by atoms with Gasteiger partial charge in [0.25, 0.3) is 0 Å². The first-order valence-electron chi connectivity index (χ1n) is 6.22. The van der Waals surface area contributed by atoms with Crippen molar-refractivity contribution in [3.63, 3.8) is 0 Å². The van der Waals surface area contributed by atoms with Crippen molar-refractivity contribution in [1.29, 1.82) is 0 Å². The molecule has 0 radical (unpaired) electrons. The summed E-state index contributed by atoms with van der Waals surface area (Å²) in [5.74, 6) is 0.0910. The van der Waals surface area contributed by atoms with Crippen LogP contribution in [0.2, 0.25) is 0 Å². The van der Waals surface area contributed by atoms with Gasteiger partial charge in [-0.3, -0.25) is 0 Å². The molecule has 0 aliphatic heterocycles. The lowest BCUT2D eigenvalue weighted by atomic mass is 10.0. The Morgan fingerprint density at radius 1 is 1.21 bits per heavy atom. The highest BCUT2D eigenvalue weighted by Crippen LogP contribution is 2.21. The van der Waals surface area contributed by atoms with Crippen LogP contribution in [-0.4, -0.2) is 16.5 Å². The first-order chi connectivity index (χ1) is 9.24. The molecule has 0 bridgehead atoms. The number of nitrogens with zero attached hydrogens (tertiary/aromatic N) is 2. The number of rotatable bonds is 4. The largest absolute Gasteiger partial charge is 0.327 e. The van der Waals surface area contributed by atoms with Crippen molar-refractivity contribution in [2.24, 2.45) is 5.73 Å². The van der Waals surface area contributed by atoms with Crippen LogP contribution in [0, 0.1) is 5.82 Å². The van der Waals surface area contributed by atoms with Crippen molar-refractivity contribution in [3.05, 3.63) is 54.1 Å². The molecule has 2 rings (SSSR count). The van der Waals surface area contributed by atoms with E-state index in [1.807, 2.05) is 30.3 Å². The molecule has 0 amide bonds. The number of allylic oxidation sites excluding steroid dienone is 1.